The van der Waals surface area contributed by atoms with Crippen LogP contribution in [0.2, 0.25) is 0 Å². The number of Topliss-reactive ketones (excluding diaryl/α,β-unsaturated/α-hetero) is 1. The molecule has 0 amide bonds. The van der Waals surface area contributed by atoms with E-state index in [0.29, 0.717) is 6.54 Å². The van der Waals surface area contributed by atoms with Crippen molar-refractivity contribution in [3.63, 3.8) is 0 Å². The van der Waals surface area contributed by atoms with Gasteiger partial charge < -0.3 is 4.74 Å². The molecule has 1 saturated heterocycles. The van der Waals surface area contributed by atoms with Gasteiger partial charge in [0.1, 0.15) is 5.75 Å². The molecular weight excluding hydrogens is 318 g/mol. The Kier molecular flexibility index (Phi) is 5.61. The number of likely N-dealkylation sites (tertiary alicyclic amines) is 1. The molecule has 1 fully saturated rings. The molecule has 0 aliphatic carbocycles. The number of rotatable bonds is 5. The number of piperidine rings is 1. The van der Waals surface area contributed by atoms with Gasteiger partial charge in [-0.25, -0.2) is 0 Å². The molecule has 1 heterocycles. The summed E-state index contributed by atoms with van der Waals surface area (Å²) >= 11 is 3.43. The molecule has 0 saturated carbocycles. The third-order valence-corrected chi connectivity index (χ3v) is 4.75. The second-order valence-electron chi connectivity index (χ2n) is 5.40. The molecule has 1 aliphatic rings. The average molecular weight is 340 g/mol. The van der Waals surface area contributed by atoms with E-state index >= 15 is 0 Å². The van der Waals surface area contributed by atoms with Crippen LogP contribution in [-0.4, -0.2) is 37.4 Å². The van der Waals surface area contributed by atoms with Gasteiger partial charge in [-0.3, -0.25) is 9.69 Å². The Bertz CT molecular complexity index is 468. The fraction of sp³-hybridized carbons (Fsp3) is 0.562. The molecular formula is C16H22BrNO2. The highest BCUT2D eigenvalue weighted by molar-refractivity contribution is 9.10. The van der Waals surface area contributed by atoms with Crippen LogP contribution in [0.25, 0.3) is 0 Å². The average Bonchev–Trinajstić information content (AvgIpc) is 2.48. The first-order valence-corrected chi connectivity index (χ1v) is 8.02. The molecule has 2 rings (SSSR count). The molecule has 1 aromatic rings. The van der Waals surface area contributed by atoms with Gasteiger partial charge in [-0.15, -0.1) is 0 Å². The van der Waals surface area contributed by atoms with E-state index in [0.717, 1.165) is 34.8 Å². The quantitative estimate of drug-likeness (QED) is 0.765. The van der Waals surface area contributed by atoms with Crippen molar-refractivity contribution in [2.45, 2.75) is 26.2 Å². The lowest BCUT2D eigenvalue weighted by molar-refractivity contribution is 0.0894. The highest BCUT2D eigenvalue weighted by Gasteiger charge is 2.20. The molecule has 0 unspecified atom stereocenters. The van der Waals surface area contributed by atoms with E-state index in [1.165, 1.54) is 19.3 Å². The van der Waals surface area contributed by atoms with Crippen LogP contribution in [0.1, 0.15) is 36.5 Å². The number of hydrogen-bond donors (Lipinski definition) is 0. The number of hydrogen-bond acceptors (Lipinski definition) is 3. The first-order chi connectivity index (χ1) is 9.63. The largest absolute Gasteiger partial charge is 0.496 e. The minimum Gasteiger partial charge on any atom is -0.496 e. The Balaban J connectivity index is 1.93. The van der Waals surface area contributed by atoms with Crippen LogP contribution in [0.3, 0.4) is 0 Å². The zero-order valence-electron chi connectivity index (χ0n) is 12.2. The summed E-state index contributed by atoms with van der Waals surface area (Å²) in [6, 6.07) is 5.52. The molecule has 0 spiro atoms. The van der Waals surface area contributed by atoms with Gasteiger partial charge in [0, 0.05) is 5.56 Å². The van der Waals surface area contributed by atoms with E-state index in [1.807, 2.05) is 18.2 Å². The Morgan fingerprint density at radius 3 is 2.65 bits per heavy atom. The molecule has 1 aliphatic heterocycles. The van der Waals surface area contributed by atoms with Crippen LogP contribution in [0.5, 0.6) is 5.75 Å². The predicted molar refractivity (Wildman–Crippen MR) is 84.5 cm³/mol. The third kappa shape index (κ3) is 3.83. The molecule has 1 aromatic carbocycles. The second kappa shape index (κ2) is 7.23. The number of benzene rings is 1. The number of halogens is 1. The number of carbonyl (C=O) groups excluding carboxylic acids is 1. The van der Waals surface area contributed by atoms with Crippen LogP contribution in [0.4, 0.5) is 0 Å². The second-order valence-corrected chi connectivity index (χ2v) is 6.25. The molecule has 4 heteroatoms. The van der Waals surface area contributed by atoms with E-state index in [9.17, 15) is 4.79 Å². The number of methoxy groups -OCH3 is 1. The molecule has 0 N–H and O–H groups in total. The summed E-state index contributed by atoms with van der Waals surface area (Å²) in [5.74, 6) is 1.78. The van der Waals surface area contributed by atoms with Gasteiger partial charge >= 0.3 is 0 Å². The molecule has 110 valence electrons. The predicted octanol–water partition coefficient (Wildman–Crippen LogP) is 3.76. The Labute approximate surface area is 129 Å². The summed E-state index contributed by atoms with van der Waals surface area (Å²) in [6.07, 6.45) is 3.69. The molecule has 0 radical (unpaired) electrons. The summed E-state index contributed by atoms with van der Waals surface area (Å²) in [5.41, 5.74) is 0.746. The third-order valence-electron chi connectivity index (χ3n) is 4.13. The van der Waals surface area contributed by atoms with E-state index in [2.05, 4.69) is 27.8 Å². The fourth-order valence-electron chi connectivity index (χ4n) is 2.69. The minimum absolute atomic E-state index is 0.184. The lowest BCUT2D eigenvalue weighted by atomic mass is 9.94. The van der Waals surface area contributed by atoms with Crippen LogP contribution in [-0.2, 0) is 0 Å². The zero-order valence-corrected chi connectivity index (χ0v) is 13.8. The minimum atomic E-state index is 0.184. The highest BCUT2D eigenvalue weighted by Crippen LogP contribution is 2.26. The van der Waals surface area contributed by atoms with Crippen molar-refractivity contribution in [2.24, 2.45) is 5.92 Å². The summed E-state index contributed by atoms with van der Waals surface area (Å²) < 4.78 is 6.01. The van der Waals surface area contributed by atoms with Gasteiger partial charge in [0.2, 0.25) is 0 Å². The fourth-order valence-corrected chi connectivity index (χ4v) is 3.23. The summed E-state index contributed by atoms with van der Waals surface area (Å²) in [4.78, 5) is 14.6. The van der Waals surface area contributed by atoms with Crippen molar-refractivity contribution in [1.82, 2.24) is 4.90 Å². The Hall–Kier alpha value is -0.870. The Morgan fingerprint density at radius 1 is 1.40 bits per heavy atom. The maximum absolute atomic E-state index is 12.3. The van der Waals surface area contributed by atoms with Gasteiger partial charge in [0.05, 0.1) is 18.1 Å². The maximum atomic E-state index is 12.3. The van der Waals surface area contributed by atoms with E-state index < -0.39 is 0 Å². The van der Waals surface area contributed by atoms with Crippen LogP contribution in [0.15, 0.2) is 22.7 Å². The van der Waals surface area contributed by atoms with Gasteiger partial charge in [0.25, 0.3) is 0 Å². The van der Waals surface area contributed by atoms with Gasteiger partial charge in [0.15, 0.2) is 5.78 Å². The first kappa shape index (κ1) is 15.5. The summed E-state index contributed by atoms with van der Waals surface area (Å²) in [7, 11) is 1.62. The number of ether oxygens (including phenoxy) is 1. The molecule has 0 aromatic heterocycles. The van der Waals surface area contributed by atoms with E-state index in [4.69, 9.17) is 4.74 Å². The Morgan fingerprint density at radius 2 is 2.10 bits per heavy atom. The molecule has 0 atom stereocenters. The smallest absolute Gasteiger partial charge is 0.176 e. The van der Waals surface area contributed by atoms with Crippen LogP contribution < -0.4 is 4.74 Å². The topological polar surface area (TPSA) is 29.5 Å². The van der Waals surface area contributed by atoms with Crippen LogP contribution >= 0.6 is 15.9 Å². The van der Waals surface area contributed by atoms with Crippen molar-refractivity contribution in [3.8, 4) is 5.75 Å². The van der Waals surface area contributed by atoms with E-state index in [1.54, 1.807) is 7.11 Å². The summed E-state index contributed by atoms with van der Waals surface area (Å²) in [5, 5.41) is 0. The monoisotopic (exact) mass is 339 g/mol. The van der Waals surface area contributed by atoms with Crippen molar-refractivity contribution in [2.75, 3.05) is 26.7 Å². The normalized spacial score (nSPS) is 17.1. The van der Waals surface area contributed by atoms with Crippen molar-refractivity contribution in [3.05, 3.63) is 28.2 Å². The molecule has 20 heavy (non-hydrogen) atoms. The molecule has 0 bridgehead atoms. The molecule has 3 nitrogen and oxygen atoms in total. The van der Waals surface area contributed by atoms with Gasteiger partial charge in [-0.1, -0.05) is 13.3 Å². The number of ketones is 1. The van der Waals surface area contributed by atoms with Crippen molar-refractivity contribution in [1.29, 1.82) is 0 Å². The maximum Gasteiger partial charge on any atom is 0.176 e. The van der Waals surface area contributed by atoms with E-state index in [-0.39, 0.29) is 5.78 Å². The standard InChI is InChI=1S/C16H22BrNO2/c1-3-12-6-8-18(9-7-12)11-15(19)13-4-5-16(20-2)14(17)10-13/h4-5,10,12H,3,6-9,11H2,1-2H3. The van der Waals surface area contributed by atoms with Crippen molar-refractivity contribution >= 4 is 21.7 Å². The van der Waals surface area contributed by atoms with Crippen LogP contribution in [0, 0.1) is 5.92 Å². The highest BCUT2D eigenvalue weighted by atomic mass is 79.9. The first-order valence-electron chi connectivity index (χ1n) is 7.23. The van der Waals surface area contributed by atoms with Gasteiger partial charge in [-0.05, 0) is 66.0 Å². The lowest BCUT2D eigenvalue weighted by Gasteiger charge is -2.30. The number of nitrogens with zero attached hydrogens (tertiary/aromatic N) is 1. The SMILES string of the molecule is CCC1CCN(CC(=O)c2ccc(OC)c(Br)c2)CC1. The van der Waals surface area contributed by atoms with Crippen molar-refractivity contribution < 1.29 is 9.53 Å². The lowest BCUT2D eigenvalue weighted by Crippen LogP contribution is -2.37. The summed E-state index contributed by atoms with van der Waals surface area (Å²) in [6.45, 7) is 4.86. The number of carbonyl (C=O) groups is 1. The zero-order chi connectivity index (χ0) is 14.5. The van der Waals surface area contributed by atoms with Gasteiger partial charge in [-0.2, -0.15) is 0 Å².